The van der Waals surface area contributed by atoms with Gasteiger partial charge in [-0.2, -0.15) is 0 Å². The van der Waals surface area contributed by atoms with Crippen molar-refractivity contribution >= 4 is 29.5 Å². The van der Waals surface area contributed by atoms with Gasteiger partial charge in [-0.05, 0) is 18.9 Å². The molecule has 180 valence electrons. The van der Waals surface area contributed by atoms with Gasteiger partial charge in [-0.3, -0.25) is 19.2 Å². The third kappa shape index (κ3) is 2.81. The number of allylic oxidation sites excluding steroid dienone is 1. The van der Waals surface area contributed by atoms with Crippen LogP contribution in [0.1, 0.15) is 66.0 Å². The monoisotopic (exact) mass is 472 g/mol. The third-order valence-electron chi connectivity index (χ3n) is 7.96. The number of ether oxygens (including phenoxy) is 3. The van der Waals surface area contributed by atoms with Gasteiger partial charge in [0.05, 0.1) is 12.0 Å². The average molecular weight is 472 g/mol. The third-order valence-corrected chi connectivity index (χ3v) is 7.96. The topological polar surface area (TPSA) is 146 Å². The van der Waals surface area contributed by atoms with Crippen molar-refractivity contribution in [2.45, 2.75) is 57.2 Å². The number of ketones is 2. The molecule has 5 atom stereocenters. The lowest BCUT2D eigenvalue weighted by Crippen LogP contribution is -2.57. The van der Waals surface area contributed by atoms with Crippen molar-refractivity contribution in [3.8, 4) is 0 Å². The smallest absolute Gasteiger partial charge is 0.342 e. The fraction of sp³-hybridized carbons (Fsp3) is 0.542. The molecule has 34 heavy (non-hydrogen) atoms. The molecular formula is C24H24O10. The van der Waals surface area contributed by atoms with E-state index in [1.54, 1.807) is 13.8 Å². The molecular weight excluding hydrogens is 448 g/mol. The van der Waals surface area contributed by atoms with Crippen molar-refractivity contribution in [1.82, 2.24) is 0 Å². The average Bonchev–Trinajstić information content (AvgIpc) is 3.32. The number of hydrogen-bond acceptors (Lipinski definition) is 9. The van der Waals surface area contributed by atoms with Crippen LogP contribution in [0.3, 0.4) is 0 Å². The van der Waals surface area contributed by atoms with E-state index >= 15 is 0 Å². The van der Waals surface area contributed by atoms with Gasteiger partial charge >= 0.3 is 17.9 Å². The second kappa shape index (κ2) is 7.36. The van der Waals surface area contributed by atoms with E-state index in [2.05, 4.69) is 0 Å². The van der Waals surface area contributed by atoms with Crippen LogP contribution < -0.4 is 0 Å². The number of hydrogen-bond donors (Lipinski definition) is 1. The Balaban J connectivity index is 1.76. The molecule has 1 aliphatic heterocycles. The van der Waals surface area contributed by atoms with Crippen molar-refractivity contribution < 1.29 is 47.7 Å². The molecule has 10 heteroatoms. The zero-order valence-electron chi connectivity index (χ0n) is 19.0. The molecule has 1 N–H and O–H groups in total. The number of carboxylic acids is 1. The first-order valence-corrected chi connectivity index (χ1v) is 11.1. The Bertz CT molecular complexity index is 1190. The molecule has 2 heterocycles. The van der Waals surface area contributed by atoms with Crippen molar-refractivity contribution in [3.05, 3.63) is 34.3 Å². The summed E-state index contributed by atoms with van der Waals surface area (Å²) in [6, 6.07) is 0. The van der Waals surface area contributed by atoms with Crippen molar-refractivity contribution in [2.24, 2.45) is 11.3 Å². The molecule has 1 aromatic heterocycles. The summed E-state index contributed by atoms with van der Waals surface area (Å²) >= 11 is 0. The highest BCUT2D eigenvalue weighted by atomic mass is 16.6. The van der Waals surface area contributed by atoms with E-state index in [1.807, 2.05) is 0 Å². The number of esters is 2. The molecule has 5 rings (SSSR count). The highest BCUT2D eigenvalue weighted by Gasteiger charge is 2.64. The van der Waals surface area contributed by atoms with Gasteiger partial charge in [0.1, 0.15) is 36.2 Å². The number of fused-ring (bicyclic) bond motifs is 3. The van der Waals surface area contributed by atoms with Crippen LogP contribution in [-0.4, -0.2) is 60.5 Å². The molecule has 4 aliphatic rings. The number of Topliss-reactive ketones (excluding diaryl/α,β-unsaturated/α-hetero) is 2. The minimum atomic E-state index is -1.36. The van der Waals surface area contributed by atoms with E-state index < -0.39 is 59.1 Å². The van der Waals surface area contributed by atoms with E-state index in [-0.39, 0.29) is 36.6 Å². The number of aliphatic carboxylic acids is 1. The minimum absolute atomic E-state index is 0.00602. The number of carbonyl (C=O) groups is 5. The number of methoxy groups -OCH3 is 1. The maximum absolute atomic E-state index is 13.8. The summed E-state index contributed by atoms with van der Waals surface area (Å²) in [6.07, 6.45) is -0.792. The van der Waals surface area contributed by atoms with Crippen LogP contribution in [0.2, 0.25) is 0 Å². The maximum Gasteiger partial charge on any atom is 0.342 e. The Kier molecular flexibility index (Phi) is 4.88. The zero-order valence-corrected chi connectivity index (χ0v) is 19.0. The number of cyclic esters (lactones) is 1. The first-order chi connectivity index (χ1) is 16.0. The highest BCUT2D eigenvalue weighted by Crippen LogP contribution is 2.61. The summed E-state index contributed by atoms with van der Waals surface area (Å²) in [5, 5.41) is 9.06. The van der Waals surface area contributed by atoms with Crippen LogP contribution in [0.4, 0.5) is 0 Å². The van der Waals surface area contributed by atoms with E-state index in [9.17, 15) is 24.0 Å². The van der Waals surface area contributed by atoms with Gasteiger partial charge in [-0.15, -0.1) is 0 Å². The van der Waals surface area contributed by atoms with Gasteiger partial charge in [0.2, 0.25) is 5.78 Å². The van der Waals surface area contributed by atoms with E-state index in [0.29, 0.717) is 23.1 Å². The van der Waals surface area contributed by atoms with Crippen LogP contribution in [0, 0.1) is 11.3 Å². The number of carboxylic acid groups (broad SMARTS) is 1. The molecule has 1 saturated carbocycles. The largest absolute Gasteiger partial charge is 0.481 e. The lowest BCUT2D eigenvalue weighted by molar-refractivity contribution is -0.157. The summed E-state index contributed by atoms with van der Waals surface area (Å²) in [6.45, 7) is 3.52. The number of furan rings is 1. The van der Waals surface area contributed by atoms with Crippen LogP contribution >= 0.6 is 0 Å². The SMILES string of the molecule is COC[C@H]1OC(=O)c2coc3c2[C@@]1(C)C1=C(C3=O)[C@@H]2CCC(=O)[C@@]2(C)C[C@H]1OC(=O)CC(=O)O. The number of rotatable bonds is 5. The van der Waals surface area contributed by atoms with Gasteiger partial charge < -0.3 is 23.7 Å². The lowest BCUT2D eigenvalue weighted by atomic mass is 9.54. The molecule has 0 saturated heterocycles. The quantitative estimate of drug-likeness (QED) is 0.498. The van der Waals surface area contributed by atoms with Crippen molar-refractivity contribution in [1.29, 1.82) is 0 Å². The summed E-state index contributed by atoms with van der Waals surface area (Å²) < 4.78 is 22.3. The summed E-state index contributed by atoms with van der Waals surface area (Å²) in [4.78, 5) is 63.0. The predicted octanol–water partition coefficient (Wildman–Crippen LogP) is 1.99. The van der Waals surface area contributed by atoms with Gasteiger partial charge in [-0.1, -0.05) is 6.92 Å². The summed E-state index contributed by atoms with van der Waals surface area (Å²) in [5.41, 5.74) is -0.904. The molecule has 10 nitrogen and oxygen atoms in total. The van der Waals surface area contributed by atoms with Gasteiger partial charge in [0, 0.05) is 42.4 Å². The van der Waals surface area contributed by atoms with Crippen LogP contribution in [0.15, 0.2) is 21.8 Å². The molecule has 0 spiro atoms. The van der Waals surface area contributed by atoms with Crippen LogP contribution in [0.5, 0.6) is 0 Å². The molecule has 1 fully saturated rings. The molecule has 0 aromatic carbocycles. The Hall–Kier alpha value is -3.27. The molecule has 0 bridgehead atoms. The van der Waals surface area contributed by atoms with E-state index in [1.165, 1.54) is 13.4 Å². The molecule has 0 unspecified atom stereocenters. The number of carbonyl (C=O) groups excluding carboxylic acids is 4. The van der Waals surface area contributed by atoms with Gasteiger partial charge in [-0.25, -0.2) is 4.79 Å². The molecule has 0 radical (unpaired) electrons. The fourth-order valence-corrected chi connectivity index (χ4v) is 6.41. The molecule has 0 amide bonds. The first-order valence-electron chi connectivity index (χ1n) is 11.1. The molecule has 3 aliphatic carbocycles. The van der Waals surface area contributed by atoms with Crippen LogP contribution in [0.25, 0.3) is 0 Å². The Morgan fingerprint density at radius 2 is 1.97 bits per heavy atom. The second-order valence-corrected chi connectivity index (χ2v) is 9.75. The van der Waals surface area contributed by atoms with E-state index in [4.69, 9.17) is 23.7 Å². The normalized spacial score (nSPS) is 33.7. The Morgan fingerprint density at radius 1 is 1.24 bits per heavy atom. The molecule has 1 aromatic rings. The highest BCUT2D eigenvalue weighted by molar-refractivity contribution is 6.14. The first kappa shape index (κ1) is 22.5. The minimum Gasteiger partial charge on any atom is -0.481 e. The standard InChI is InChI=1S/C24H24O10/c1-23-7-12(33-16(28)6-15(26)27)19-17(11(23)4-5-13(23)25)20(29)21-18-10(8-32-21)22(30)34-14(9-31-3)24(18,19)2/h8,11-12,14H,4-7,9H2,1-3H3,(H,26,27)/t11-,12+,14+,23-,24-/m0/s1. The zero-order chi connectivity index (χ0) is 24.6. The second-order valence-electron chi connectivity index (χ2n) is 9.75. The predicted molar refractivity (Wildman–Crippen MR) is 111 cm³/mol. The van der Waals surface area contributed by atoms with Crippen molar-refractivity contribution in [3.63, 3.8) is 0 Å². The Morgan fingerprint density at radius 3 is 2.65 bits per heavy atom. The summed E-state index contributed by atoms with van der Waals surface area (Å²) in [5.74, 6) is -3.92. The Labute approximate surface area is 194 Å². The van der Waals surface area contributed by atoms with E-state index in [0.717, 1.165) is 0 Å². The van der Waals surface area contributed by atoms with Gasteiger partial charge in [0.25, 0.3) is 0 Å². The van der Waals surface area contributed by atoms with Crippen molar-refractivity contribution in [2.75, 3.05) is 13.7 Å². The van der Waals surface area contributed by atoms with Gasteiger partial charge in [0.15, 0.2) is 5.76 Å². The maximum atomic E-state index is 13.8. The lowest BCUT2D eigenvalue weighted by Gasteiger charge is -2.51. The summed E-state index contributed by atoms with van der Waals surface area (Å²) in [7, 11) is 1.45. The fourth-order valence-electron chi connectivity index (χ4n) is 6.41. The van der Waals surface area contributed by atoms with Crippen LogP contribution in [-0.2, 0) is 34.0 Å².